The molecule has 4 aliphatic heterocycles. The third-order valence-electron chi connectivity index (χ3n) is 12.2. The monoisotopic (exact) mass is 779 g/mol. The maximum atomic E-state index is 7.89. The zero-order valence-corrected chi connectivity index (χ0v) is 38.8. The second-order valence-electron chi connectivity index (χ2n) is 20.9. The first-order chi connectivity index (χ1) is 25.2. The summed E-state index contributed by atoms with van der Waals surface area (Å²) >= 11 is 0. The van der Waals surface area contributed by atoms with E-state index >= 15 is 0 Å². The fourth-order valence-electron chi connectivity index (χ4n) is 9.22. The smallest absolute Gasteiger partial charge is 0.248 e. The first-order valence-corrected chi connectivity index (χ1v) is 23.8. The van der Waals surface area contributed by atoms with Crippen molar-refractivity contribution >= 4 is 16.9 Å². The van der Waals surface area contributed by atoms with Crippen LogP contribution < -0.4 is 9.05 Å². The van der Waals surface area contributed by atoms with Gasteiger partial charge in [-0.3, -0.25) is 0 Å². The van der Waals surface area contributed by atoms with Gasteiger partial charge in [-0.1, -0.05) is 95.2 Å². The van der Waals surface area contributed by atoms with Crippen LogP contribution in [0, 0.1) is 13.8 Å². The highest BCUT2D eigenvalue weighted by Crippen LogP contribution is 2.60. The molecule has 4 heterocycles. The predicted molar refractivity (Wildman–Crippen MR) is 234 cm³/mol. The van der Waals surface area contributed by atoms with Crippen molar-refractivity contribution in [2.24, 2.45) is 0 Å². The van der Waals surface area contributed by atoms with Crippen LogP contribution in [-0.2, 0) is 21.7 Å². The lowest BCUT2D eigenvalue weighted by Gasteiger charge is -2.40. The van der Waals surface area contributed by atoms with Crippen LogP contribution in [0.2, 0.25) is 0 Å². The largest absolute Gasteiger partial charge is 0.443 e. The lowest BCUT2D eigenvalue weighted by Crippen LogP contribution is -2.29. The summed E-state index contributed by atoms with van der Waals surface area (Å²) in [5.74, 6) is 2.20. The second-order valence-corrected chi connectivity index (χ2v) is 24.6. The summed E-state index contributed by atoms with van der Waals surface area (Å²) in [4.78, 5) is 0. The third kappa shape index (κ3) is 8.90. The second kappa shape index (κ2) is 16.2. The molecule has 0 spiro atoms. The molecule has 0 bridgehead atoms. The van der Waals surface area contributed by atoms with Crippen molar-refractivity contribution in [3.63, 3.8) is 0 Å². The first-order valence-electron chi connectivity index (χ1n) is 21.5. The number of rotatable bonds is 9. The van der Waals surface area contributed by atoms with Crippen LogP contribution in [0.25, 0.3) is 11.1 Å². The summed E-state index contributed by atoms with van der Waals surface area (Å²) in [5, 5.41) is 0. The van der Waals surface area contributed by atoms with Crippen LogP contribution in [0.1, 0.15) is 168 Å². The summed E-state index contributed by atoms with van der Waals surface area (Å²) in [6, 6.07) is 5.07. The van der Waals surface area contributed by atoms with Crippen LogP contribution in [0.5, 0.6) is 11.5 Å². The molecular formula is C46H76N4O2P2. The molecule has 0 aromatic heterocycles. The molecule has 0 saturated carbocycles. The molecule has 4 fully saturated rings. The Kier molecular flexibility index (Phi) is 12.7. The summed E-state index contributed by atoms with van der Waals surface area (Å²) in [7, 11) is -1.91. The van der Waals surface area contributed by atoms with Crippen molar-refractivity contribution in [1.82, 2.24) is 18.7 Å². The SMILES string of the molecule is Cc1c(C(C)(C)C)cc(C(C)(C)C)c(OP(N2CCCC2)N2CCCC2)c1-c1c(C)c(C(C)(C)C)cc(C(C)(C)C)c1OP(N1CCCC1)N1CCCC1. The number of hydrogen-bond donors (Lipinski definition) is 0. The van der Waals surface area contributed by atoms with Crippen LogP contribution in [0.4, 0.5) is 0 Å². The fraction of sp³-hybridized carbons (Fsp3) is 0.739. The van der Waals surface area contributed by atoms with Gasteiger partial charge in [0.25, 0.3) is 0 Å². The normalized spacial score (nSPS) is 20.4. The van der Waals surface area contributed by atoms with E-state index in [1.165, 1.54) is 95.9 Å². The lowest BCUT2D eigenvalue weighted by molar-refractivity contribution is 0.387. The highest BCUT2D eigenvalue weighted by molar-refractivity contribution is 7.48. The quantitative estimate of drug-likeness (QED) is 0.236. The number of nitrogens with zero attached hydrogens (tertiary/aromatic N) is 4. The van der Waals surface area contributed by atoms with Gasteiger partial charge in [-0.05, 0) is 109 Å². The summed E-state index contributed by atoms with van der Waals surface area (Å²) in [6.45, 7) is 42.5. The minimum Gasteiger partial charge on any atom is -0.443 e. The van der Waals surface area contributed by atoms with E-state index in [1.807, 2.05) is 0 Å². The molecule has 0 N–H and O–H groups in total. The molecule has 4 saturated heterocycles. The lowest BCUT2D eigenvalue weighted by atomic mass is 9.72. The number of hydrogen-bond acceptors (Lipinski definition) is 6. The Labute approximate surface area is 334 Å². The van der Waals surface area contributed by atoms with Gasteiger partial charge in [-0.2, -0.15) is 0 Å². The molecule has 0 amide bonds. The predicted octanol–water partition coefficient (Wildman–Crippen LogP) is 12.8. The Hall–Kier alpha value is -1.26. The van der Waals surface area contributed by atoms with Gasteiger partial charge < -0.3 is 9.05 Å². The Morgan fingerprint density at radius 2 is 0.611 bits per heavy atom. The molecule has 0 unspecified atom stereocenters. The van der Waals surface area contributed by atoms with E-state index in [4.69, 9.17) is 9.05 Å². The van der Waals surface area contributed by atoms with Gasteiger partial charge in [-0.25, -0.2) is 18.7 Å². The van der Waals surface area contributed by atoms with E-state index < -0.39 is 16.9 Å². The van der Waals surface area contributed by atoms with Crippen LogP contribution in [-0.4, -0.2) is 71.0 Å². The Morgan fingerprint density at radius 3 is 0.815 bits per heavy atom. The summed E-state index contributed by atoms with van der Waals surface area (Å²) in [6.07, 6.45) is 10.1. The van der Waals surface area contributed by atoms with E-state index in [-0.39, 0.29) is 21.7 Å². The maximum absolute atomic E-state index is 7.89. The molecule has 6 nitrogen and oxygen atoms in total. The van der Waals surface area contributed by atoms with Crippen molar-refractivity contribution in [3.05, 3.63) is 45.5 Å². The Balaban J connectivity index is 1.73. The van der Waals surface area contributed by atoms with Gasteiger partial charge >= 0.3 is 0 Å². The zero-order chi connectivity index (χ0) is 39.4. The molecule has 302 valence electrons. The molecule has 0 aliphatic carbocycles. The summed E-state index contributed by atoms with van der Waals surface area (Å²) < 4.78 is 26.5. The molecular weight excluding hydrogens is 702 g/mol. The molecule has 8 heteroatoms. The maximum Gasteiger partial charge on any atom is 0.248 e. The topological polar surface area (TPSA) is 31.4 Å². The van der Waals surface area contributed by atoms with Crippen molar-refractivity contribution in [1.29, 1.82) is 0 Å². The van der Waals surface area contributed by atoms with E-state index in [2.05, 4.69) is 128 Å². The Bertz CT molecular complexity index is 1470. The fourth-order valence-corrected chi connectivity index (χ4v) is 13.6. The highest BCUT2D eigenvalue weighted by atomic mass is 31.2. The van der Waals surface area contributed by atoms with Gasteiger partial charge in [0.1, 0.15) is 11.5 Å². The van der Waals surface area contributed by atoms with E-state index in [1.54, 1.807) is 0 Å². The minimum atomic E-state index is -0.957. The number of benzene rings is 2. The van der Waals surface area contributed by atoms with E-state index in [9.17, 15) is 0 Å². The van der Waals surface area contributed by atoms with Crippen molar-refractivity contribution in [2.45, 2.75) is 170 Å². The van der Waals surface area contributed by atoms with Gasteiger partial charge in [0.15, 0.2) is 0 Å². The van der Waals surface area contributed by atoms with Crippen LogP contribution >= 0.6 is 16.9 Å². The summed E-state index contributed by atoms with van der Waals surface area (Å²) in [5.41, 5.74) is 10.3. The van der Waals surface area contributed by atoms with Gasteiger partial charge in [-0.15, -0.1) is 0 Å². The molecule has 0 radical (unpaired) electrons. The molecule has 4 aliphatic rings. The third-order valence-corrected chi connectivity index (χ3v) is 16.4. The molecule has 0 atom stereocenters. The molecule has 54 heavy (non-hydrogen) atoms. The first kappa shape index (κ1) is 42.3. The molecule has 6 rings (SSSR count). The van der Waals surface area contributed by atoms with E-state index in [0.29, 0.717) is 0 Å². The molecule has 2 aromatic carbocycles. The average molecular weight is 779 g/mol. The zero-order valence-electron chi connectivity index (χ0n) is 37.0. The van der Waals surface area contributed by atoms with Gasteiger partial charge in [0.05, 0.1) is 0 Å². The molecule has 2 aromatic rings. The van der Waals surface area contributed by atoms with E-state index in [0.717, 1.165) is 63.9 Å². The van der Waals surface area contributed by atoms with Crippen LogP contribution in [0.3, 0.4) is 0 Å². The van der Waals surface area contributed by atoms with Gasteiger partial charge in [0.2, 0.25) is 16.9 Å². The average Bonchev–Trinajstić information content (AvgIpc) is 3.89. The standard InChI is InChI=1S/C46H76N4O2P2/c1-33-35(43(3,4)5)31-37(45(9,10)11)41(51-53(47-23-15-16-24-47)48-25-17-18-26-48)39(33)40-34(2)36(44(6,7)8)32-38(46(12,13)14)42(40)52-54(49-27-19-20-28-49)50-29-21-22-30-50/h31-32H,15-30H2,1-14H3. The Morgan fingerprint density at radius 1 is 0.389 bits per heavy atom. The highest BCUT2D eigenvalue weighted by Gasteiger charge is 2.41. The van der Waals surface area contributed by atoms with Gasteiger partial charge in [0, 0.05) is 74.6 Å². The van der Waals surface area contributed by atoms with Crippen molar-refractivity contribution in [3.8, 4) is 22.6 Å². The van der Waals surface area contributed by atoms with Crippen molar-refractivity contribution in [2.75, 3.05) is 52.4 Å². The minimum absolute atomic E-state index is 0.0485. The van der Waals surface area contributed by atoms with Crippen molar-refractivity contribution < 1.29 is 9.05 Å². The van der Waals surface area contributed by atoms with Crippen LogP contribution in [0.15, 0.2) is 12.1 Å².